The first kappa shape index (κ1) is 21.7. The smallest absolute Gasteiger partial charge is 0.269 e. The minimum Gasteiger partial charge on any atom is -0.284 e. The second kappa shape index (κ2) is 8.36. The van der Waals surface area contributed by atoms with Crippen LogP contribution >= 0.6 is 11.6 Å². The van der Waals surface area contributed by atoms with Crippen molar-refractivity contribution in [3.63, 3.8) is 0 Å². The highest BCUT2D eigenvalue weighted by atomic mass is 35.5. The number of benzene rings is 2. The van der Waals surface area contributed by atoms with Gasteiger partial charge in [0.05, 0.1) is 29.5 Å². The van der Waals surface area contributed by atoms with Crippen LogP contribution in [0.3, 0.4) is 0 Å². The summed E-state index contributed by atoms with van der Waals surface area (Å²) in [6, 6.07) is 15.0. The Labute approximate surface area is 198 Å². The third-order valence-corrected chi connectivity index (χ3v) is 5.70. The molecule has 170 valence electrons. The van der Waals surface area contributed by atoms with Crippen LogP contribution < -0.4 is 10.3 Å². The van der Waals surface area contributed by atoms with Gasteiger partial charge in [-0.25, -0.2) is 28.1 Å². The Bertz CT molecular complexity index is 1680. The van der Waals surface area contributed by atoms with E-state index >= 15 is 0 Å². The quantitative estimate of drug-likeness (QED) is 0.399. The fourth-order valence-electron chi connectivity index (χ4n) is 3.47. The van der Waals surface area contributed by atoms with Crippen molar-refractivity contribution in [3.05, 3.63) is 88.6 Å². The maximum Gasteiger partial charge on any atom is 0.269 e. The first-order chi connectivity index (χ1) is 16.3. The Morgan fingerprint density at radius 3 is 2.41 bits per heavy atom. The first-order valence-electron chi connectivity index (χ1n) is 9.92. The third-order valence-electron chi connectivity index (χ3n) is 4.85. The van der Waals surface area contributed by atoms with Crippen LogP contribution in [0, 0.1) is 0 Å². The predicted octanol–water partition coefficient (Wildman–Crippen LogP) is 3.05. The van der Waals surface area contributed by atoms with Crippen LogP contribution in [-0.4, -0.2) is 44.0 Å². The Kier molecular flexibility index (Phi) is 5.34. The molecule has 0 spiro atoms. The van der Waals surface area contributed by atoms with Crippen molar-refractivity contribution >= 4 is 38.3 Å². The van der Waals surface area contributed by atoms with Gasteiger partial charge in [-0.3, -0.25) is 14.1 Å². The van der Waals surface area contributed by atoms with Crippen LogP contribution in [0.1, 0.15) is 0 Å². The van der Waals surface area contributed by atoms with Crippen LogP contribution in [0.4, 0.5) is 5.69 Å². The minimum absolute atomic E-state index is 0.215. The molecule has 0 radical (unpaired) electrons. The number of aromatic nitrogens is 6. The molecule has 3 aromatic heterocycles. The molecule has 0 unspecified atom stereocenters. The van der Waals surface area contributed by atoms with Crippen LogP contribution in [0.25, 0.3) is 34.1 Å². The molecule has 0 amide bonds. The van der Waals surface area contributed by atoms with Crippen molar-refractivity contribution in [2.45, 2.75) is 0 Å². The van der Waals surface area contributed by atoms with E-state index in [-0.39, 0.29) is 28.2 Å². The van der Waals surface area contributed by atoms with Gasteiger partial charge >= 0.3 is 0 Å². The average molecular weight is 494 g/mol. The molecule has 0 aliphatic heterocycles. The van der Waals surface area contributed by atoms with Gasteiger partial charge in [0, 0.05) is 17.4 Å². The molecule has 0 aliphatic carbocycles. The minimum atomic E-state index is -3.47. The number of halogens is 1. The van der Waals surface area contributed by atoms with Crippen molar-refractivity contribution in [2.75, 3.05) is 11.0 Å². The standard InChI is InChI=1S/C22H16ClN7O3S/c1-34(32,33)28-15-4-2-5-17(12-15)30-20-18(13-26-30)22(31)29(16-8-6-14(23)7-9-16)21(27-20)19-24-10-3-11-25-19/h2-13,28H,1H3. The fraction of sp³-hybridized carbons (Fsp3) is 0.0455. The predicted molar refractivity (Wildman–Crippen MR) is 129 cm³/mol. The Morgan fingerprint density at radius 1 is 0.971 bits per heavy atom. The molecule has 0 fully saturated rings. The normalized spacial score (nSPS) is 11.6. The molecule has 0 bridgehead atoms. The average Bonchev–Trinajstić information content (AvgIpc) is 3.24. The lowest BCUT2D eigenvalue weighted by atomic mass is 10.2. The summed E-state index contributed by atoms with van der Waals surface area (Å²) in [5, 5.41) is 5.14. The third kappa shape index (κ3) is 4.14. The van der Waals surface area contributed by atoms with E-state index in [2.05, 4.69) is 19.8 Å². The Balaban J connectivity index is 1.76. The highest BCUT2D eigenvalue weighted by Crippen LogP contribution is 2.23. The van der Waals surface area contributed by atoms with Gasteiger partial charge in [-0.1, -0.05) is 17.7 Å². The molecule has 3 heterocycles. The number of nitrogens with zero attached hydrogens (tertiary/aromatic N) is 6. The van der Waals surface area contributed by atoms with Crippen LogP contribution in [-0.2, 0) is 10.0 Å². The number of anilines is 1. The summed E-state index contributed by atoms with van der Waals surface area (Å²) in [6.45, 7) is 0. The zero-order chi connectivity index (χ0) is 23.9. The summed E-state index contributed by atoms with van der Waals surface area (Å²) >= 11 is 6.03. The van der Waals surface area contributed by atoms with Crippen molar-refractivity contribution in [3.8, 4) is 23.0 Å². The largest absolute Gasteiger partial charge is 0.284 e. The monoisotopic (exact) mass is 493 g/mol. The lowest BCUT2D eigenvalue weighted by Crippen LogP contribution is -2.22. The van der Waals surface area contributed by atoms with Crippen LogP contribution in [0.5, 0.6) is 0 Å². The SMILES string of the molecule is CS(=O)(=O)Nc1cccc(-n2ncc3c(=O)n(-c4ccc(Cl)cc4)c(-c4ncccn4)nc32)c1. The molecule has 5 aromatic rings. The molecule has 5 rings (SSSR count). The number of rotatable bonds is 5. The van der Waals surface area contributed by atoms with Gasteiger partial charge < -0.3 is 0 Å². The highest BCUT2D eigenvalue weighted by molar-refractivity contribution is 7.92. The second-order valence-corrected chi connectivity index (χ2v) is 9.53. The van der Waals surface area contributed by atoms with E-state index in [4.69, 9.17) is 16.6 Å². The number of fused-ring (bicyclic) bond motifs is 1. The van der Waals surface area contributed by atoms with Gasteiger partial charge in [0.2, 0.25) is 10.0 Å². The fourth-order valence-corrected chi connectivity index (χ4v) is 4.15. The number of hydrogen-bond donors (Lipinski definition) is 1. The maximum atomic E-state index is 13.6. The van der Waals surface area contributed by atoms with Crippen molar-refractivity contribution in [1.29, 1.82) is 0 Å². The number of nitrogens with one attached hydrogen (secondary N) is 1. The van der Waals surface area contributed by atoms with Gasteiger partial charge in [0.1, 0.15) is 5.39 Å². The van der Waals surface area contributed by atoms with Gasteiger partial charge in [-0.2, -0.15) is 5.10 Å². The molecular formula is C22H16ClN7O3S. The summed E-state index contributed by atoms with van der Waals surface area (Å²) in [6.07, 6.45) is 5.60. The summed E-state index contributed by atoms with van der Waals surface area (Å²) < 4.78 is 28.6. The highest BCUT2D eigenvalue weighted by Gasteiger charge is 2.20. The van der Waals surface area contributed by atoms with E-state index in [1.807, 2.05) is 0 Å². The summed E-state index contributed by atoms with van der Waals surface area (Å²) in [5.41, 5.74) is 1.31. The molecule has 2 aromatic carbocycles. The molecule has 12 heteroatoms. The topological polar surface area (TPSA) is 125 Å². The number of hydrogen-bond acceptors (Lipinski definition) is 7. The zero-order valence-electron chi connectivity index (χ0n) is 17.6. The molecule has 34 heavy (non-hydrogen) atoms. The van der Waals surface area contributed by atoms with Gasteiger partial charge in [0.25, 0.3) is 5.56 Å². The van der Waals surface area contributed by atoms with Gasteiger partial charge in [-0.15, -0.1) is 0 Å². The first-order valence-corrected chi connectivity index (χ1v) is 12.2. The zero-order valence-corrected chi connectivity index (χ0v) is 19.2. The van der Waals surface area contributed by atoms with Crippen molar-refractivity contribution in [2.24, 2.45) is 0 Å². The molecular weight excluding hydrogens is 478 g/mol. The van der Waals surface area contributed by atoms with Gasteiger partial charge in [0.15, 0.2) is 17.3 Å². The van der Waals surface area contributed by atoms with E-state index in [0.717, 1.165) is 6.26 Å². The van der Waals surface area contributed by atoms with E-state index < -0.39 is 10.0 Å². The van der Waals surface area contributed by atoms with Crippen LogP contribution in [0.15, 0.2) is 78.0 Å². The molecule has 0 saturated heterocycles. The molecule has 0 aliphatic rings. The van der Waals surface area contributed by atoms with E-state index in [9.17, 15) is 13.2 Å². The van der Waals surface area contributed by atoms with E-state index in [1.165, 1.54) is 15.4 Å². The molecule has 10 nitrogen and oxygen atoms in total. The van der Waals surface area contributed by atoms with E-state index in [0.29, 0.717) is 22.1 Å². The van der Waals surface area contributed by atoms with Crippen molar-refractivity contribution in [1.82, 2.24) is 29.3 Å². The lowest BCUT2D eigenvalue weighted by Gasteiger charge is -2.12. The van der Waals surface area contributed by atoms with Crippen molar-refractivity contribution < 1.29 is 8.42 Å². The Hall–Kier alpha value is -4.09. The Morgan fingerprint density at radius 2 is 1.71 bits per heavy atom. The number of sulfonamides is 1. The maximum absolute atomic E-state index is 13.6. The second-order valence-electron chi connectivity index (χ2n) is 7.34. The summed E-state index contributed by atoms with van der Waals surface area (Å²) in [4.78, 5) is 26.9. The summed E-state index contributed by atoms with van der Waals surface area (Å²) in [7, 11) is -3.47. The molecule has 0 atom stereocenters. The van der Waals surface area contributed by atoms with Gasteiger partial charge in [-0.05, 0) is 48.5 Å². The van der Waals surface area contributed by atoms with E-state index in [1.54, 1.807) is 67.0 Å². The summed E-state index contributed by atoms with van der Waals surface area (Å²) in [5.74, 6) is 0.462. The molecule has 1 N–H and O–H groups in total. The molecule has 0 saturated carbocycles. The van der Waals surface area contributed by atoms with Crippen LogP contribution in [0.2, 0.25) is 5.02 Å². The lowest BCUT2D eigenvalue weighted by molar-refractivity contribution is 0.607.